The summed E-state index contributed by atoms with van der Waals surface area (Å²) in [5, 5.41) is 16.7. The molecule has 1 unspecified atom stereocenters. The lowest BCUT2D eigenvalue weighted by atomic mass is 10.1. The fraction of sp³-hybridized carbons (Fsp3) is 0.357. The Bertz CT molecular complexity index is 536. The van der Waals surface area contributed by atoms with Gasteiger partial charge >= 0.3 is 5.97 Å². The average Bonchev–Trinajstić information content (AvgIpc) is 3.00. The zero-order chi connectivity index (χ0) is 15.2. The van der Waals surface area contributed by atoms with Crippen molar-refractivity contribution in [1.82, 2.24) is 10.6 Å². The number of carboxylic acid groups (broad SMARTS) is 1. The minimum absolute atomic E-state index is 0.0245. The predicted octanol–water partition coefficient (Wildman–Crippen LogP) is 0.0490. The summed E-state index contributed by atoms with van der Waals surface area (Å²) in [6, 6.07) is 6.32. The first-order valence-electron chi connectivity index (χ1n) is 6.68. The summed E-state index contributed by atoms with van der Waals surface area (Å²) in [7, 11) is 0. The number of carboxylic acids is 1. The van der Waals surface area contributed by atoms with Crippen molar-refractivity contribution in [3.8, 4) is 0 Å². The molecule has 21 heavy (non-hydrogen) atoms. The van der Waals surface area contributed by atoms with Crippen molar-refractivity contribution in [3.05, 3.63) is 29.8 Å². The largest absolute Gasteiger partial charge is 0.480 e. The minimum atomic E-state index is -1.10. The standard InChI is InChI=1S/C14H17N3O4/c18-12(19)8-16-13(20)9-1-3-11(4-2-9)17-14(21)10-5-6-15-7-10/h1-4,10,15H,5-8H2,(H,16,20)(H,17,21)(H,18,19). The number of aliphatic carboxylic acids is 1. The molecule has 1 atom stereocenters. The molecule has 112 valence electrons. The summed E-state index contributed by atoms with van der Waals surface area (Å²) < 4.78 is 0. The predicted molar refractivity (Wildman–Crippen MR) is 76.0 cm³/mol. The van der Waals surface area contributed by atoms with Gasteiger partial charge in [0.25, 0.3) is 5.91 Å². The van der Waals surface area contributed by atoms with E-state index in [1.54, 1.807) is 24.3 Å². The van der Waals surface area contributed by atoms with Gasteiger partial charge in [0, 0.05) is 17.8 Å². The third-order valence-corrected chi connectivity index (χ3v) is 3.25. The van der Waals surface area contributed by atoms with Crippen LogP contribution in [0, 0.1) is 5.92 Å². The van der Waals surface area contributed by atoms with Crippen molar-refractivity contribution in [1.29, 1.82) is 0 Å². The monoisotopic (exact) mass is 291 g/mol. The van der Waals surface area contributed by atoms with Crippen molar-refractivity contribution in [2.24, 2.45) is 5.92 Å². The Hall–Kier alpha value is -2.41. The number of benzene rings is 1. The summed E-state index contributed by atoms with van der Waals surface area (Å²) in [6.07, 6.45) is 0.821. The lowest BCUT2D eigenvalue weighted by Gasteiger charge is -2.10. The molecule has 7 heteroatoms. The van der Waals surface area contributed by atoms with E-state index in [2.05, 4.69) is 16.0 Å². The number of anilines is 1. The summed E-state index contributed by atoms with van der Waals surface area (Å²) in [6.45, 7) is 1.11. The first-order valence-corrected chi connectivity index (χ1v) is 6.68. The molecule has 0 bridgehead atoms. The molecule has 1 saturated heterocycles. The molecule has 1 aromatic rings. The van der Waals surface area contributed by atoms with Crippen LogP contribution in [0.2, 0.25) is 0 Å². The molecular formula is C14H17N3O4. The van der Waals surface area contributed by atoms with E-state index in [-0.39, 0.29) is 11.8 Å². The second-order valence-corrected chi connectivity index (χ2v) is 4.83. The third-order valence-electron chi connectivity index (χ3n) is 3.25. The maximum absolute atomic E-state index is 11.9. The maximum atomic E-state index is 11.9. The van der Waals surface area contributed by atoms with Crippen LogP contribution in [-0.2, 0) is 9.59 Å². The fourth-order valence-corrected chi connectivity index (χ4v) is 2.09. The molecule has 1 heterocycles. The van der Waals surface area contributed by atoms with E-state index in [9.17, 15) is 14.4 Å². The number of rotatable bonds is 5. The van der Waals surface area contributed by atoms with Gasteiger partial charge in [-0.05, 0) is 37.2 Å². The van der Waals surface area contributed by atoms with E-state index < -0.39 is 18.4 Å². The number of nitrogens with one attached hydrogen (secondary N) is 3. The van der Waals surface area contributed by atoms with Gasteiger partial charge < -0.3 is 21.1 Å². The molecule has 0 saturated carbocycles. The van der Waals surface area contributed by atoms with Gasteiger partial charge in [0.15, 0.2) is 0 Å². The van der Waals surface area contributed by atoms with Gasteiger partial charge in [0.1, 0.15) is 6.54 Å². The second-order valence-electron chi connectivity index (χ2n) is 4.83. The lowest BCUT2D eigenvalue weighted by molar-refractivity contribution is -0.135. The van der Waals surface area contributed by atoms with Crippen molar-refractivity contribution in [2.45, 2.75) is 6.42 Å². The van der Waals surface area contributed by atoms with Crippen LogP contribution in [0.15, 0.2) is 24.3 Å². The Balaban J connectivity index is 1.90. The Morgan fingerprint density at radius 2 is 1.95 bits per heavy atom. The number of amides is 2. The van der Waals surface area contributed by atoms with Crippen molar-refractivity contribution in [2.75, 3.05) is 25.0 Å². The minimum Gasteiger partial charge on any atom is -0.480 e. The highest BCUT2D eigenvalue weighted by Crippen LogP contribution is 2.14. The van der Waals surface area contributed by atoms with Gasteiger partial charge in [0.2, 0.25) is 5.91 Å². The molecule has 2 rings (SSSR count). The van der Waals surface area contributed by atoms with Gasteiger partial charge in [-0.1, -0.05) is 0 Å². The molecule has 4 N–H and O–H groups in total. The van der Waals surface area contributed by atoms with E-state index >= 15 is 0 Å². The van der Waals surface area contributed by atoms with Crippen LogP contribution in [0.5, 0.6) is 0 Å². The Kier molecular flexibility index (Phi) is 4.89. The fourth-order valence-electron chi connectivity index (χ4n) is 2.09. The van der Waals surface area contributed by atoms with E-state index in [0.29, 0.717) is 17.8 Å². The van der Waals surface area contributed by atoms with Crippen LogP contribution in [0.25, 0.3) is 0 Å². The summed E-state index contributed by atoms with van der Waals surface area (Å²) in [4.78, 5) is 33.9. The number of hydrogen-bond donors (Lipinski definition) is 4. The van der Waals surface area contributed by atoms with E-state index in [4.69, 9.17) is 5.11 Å². The zero-order valence-electron chi connectivity index (χ0n) is 11.4. The zero-order valence-corrected chi connectivity index (χ0v) is 11.4. The first-order chi connectivity index (χ1) is 10.1. The first kappa shape index (κ1) is 15.0. The average molecular weight is 291 g/mol. The number of carbonyl (C=O) groups is 3. The van der Waals surface area contributed by atoms with Crippen molar-refractivity contribution < 1.29 is 19.5 Å². The summed E-state index contributed by atoms with van der Waals surface area (Å²) in [5.74, 6) is -1.63. The SMILES string of the molecule is O=C(O)CNC(=O)c1ccc(NC(=O)C2CCNC2)cc1. The molecule has 2 amide bonds. The smallest absolute Gasteiger partial charge is 0.322 e. The number of hydrogen-bond acceptors (Lipinski definition) is 4. The van der Waals surface area contributed by atoms with Crippen LogP contribution in [0.1, 0.15) is 16.8 Å². The van der Waals surface area contributed by atoms with Gasteiger partial charge in [-0.3, -0.25) is 14.4 Å². The topological polar surface area (TPSA) is 108 Å². The van der Waals surface area contributed by atoms with Crippen LogP contribution < -0.4 is 16.0 Å². The Labute approximate surface area is 121 Å². The molecule has 0 spiro atoms. The molecule has 7 nitrogen and oxygen atoms in total. The molecule has 1 aliphatic heterocycles. The molecule has 0 aliphatic carbocycles. The molecule has 1 fully saturated rings. The quantitative estimate of drug-likeness (QED) is 0.613. The third kappa shape index (κ3) is 4.28. The normalized spacial score (nSPS) is 17.2. The number of carbonyl (C=O) groups excluding carboxylic acids is 2. The van der Waals surface area contributed by atoms with Crippen molar-refractivity contribution in [3.63, 3.8) is 0 Å². The van der Waals surface area contributed by atoms with E-state index in [0.717, 1.165) is 13.0 Å². The molecule has 1 aliphatic rings. The Morgan fingerprint density at radius 1 is 1.24 bits per heavy atom. The van der Waals surface area contributed by atoms with Crippen LogP contribution in [-0.4, -0.2) is 42.5 Å². The molecule has 0 aromatic heterocycles. The van der Waals surface area contributed by atoms with Crippen LogP contribution in [0.4, 0.5) is 5.69 Å². The van der Waals surface area contributed by atoms with Crippen molar-refractivity contribution >= 4 is 23.5 Å². The molecule has 1 aromatic carbocycles. The van der Waals surface area contributed by atoms with E-state index in [1.807, 2.05) is 0 Å². The van der Waals surface area contributed by atoms with E-state index in [1.165, 1.54) is 0 Å². The highest BCUT2D eigenvalue weighted by Gasteiger charge is 2.22. The van der Waals surface area contributed by atoms with Gasteiger partial charge in [0.05, 0.1) is 5.92 Å². The van der Waals surface area contributed by atoms with Gasteiger partial charge in [-0.25, -0.2) is 0 Å². The Morgan fingerprint density at radius 3 is 2.52 bits per heavy atom. The maximum Gasteiger partial charge on any atom is 0.322 e. The van der Waals surface area contributed by atoms with Crippen LogP contribution in [0.3, 0.4) is 0 Å². The van der Waals surface area contributed by atoms with Gasteiger partial charge in [-0.15, -0.1) is 0 Å². The highest BCUT2D eigenvalue weighted by atomic mass is 16.4. The van der Waals surface area contributed by atoms with Gasteiger partial charge in [-0.2, -0.15) is 0 Å². The van der Waals surface area contributed by atoms with Crippen LogP contribution >= 0.6 is 0 Å². The lowest BCUT2D eigenvalue weighted by Crippen LogP contribution is -2.29. The molecular weight excluding hydrogens is 274 g/mol. The summed E-state index contributed by atoms with van der Waals surface area (Å²) >= 11 is 0. The second kappa shape index (κ2) is 6.85. The molecule has 0 radical (unpaired) electrons. The summed E-state index contributed by atoms with van der Waals surface area (Å²) in [5.41, 5.74) is 0.957. The highest BCUT2D eigenvalue weighted by molar-refractivity contribution is 5.97.